The van der Waals surface area contributed by atoms with Crippen LogP contribution in [0.25, 0.3) is 11.1 Å². The number of halogens is 6. The molecule has 8 heteroatoms. The van der Waals surface area contributed by atoms with Crippen LogP contribution in [0.1, 0.15) is 0 Å². The van der Waals surface area contributed by atoms with Crippen LogP contribution in [0.3, 0.4) is 0 Å². The maximum absolute atomic E-state index is 12.1. The zero-order chi connectivity index (χ0) is 16.3. The van der Waals surface area contributed by atoms with Crippen molar-refractivity contribution in [1.82, 2.24) is 0 Å². The highest BCUT2D eigenvalue weighted by molar-refractivity contribution is 6.33. The van der Waals surface area contributed by atoms with E-state index < -0.39 is 13.0 Å². The Labute approximate surface area is 127 Å². The highest BCUT2D eigenvalue weighted by Crippen LogP contribution is 2.33. The van der Waals surface area contributed by atoms with Gasteiger partial charge in [0.15, 0.2) is 0 Å². The van der Waals surface area contributed by atoms with Gasteiger partial charge in [0, 0.05) is 5.56 Å². The van der Waals surface area contributed by atoms with Gasteiger partial charge in [-0.1, -0.05) is 23.7 Å². The van der Waals surface area contributed by atoms with E-state index in [9.17, 15) is 22.0 Å². The van der Waals surface area contributed by atoms with E-state index in [0.29, 0.717) is 11.1 Å². The number of hydrogen-bond donors (Lipinski definition) is 0. The molecule has 118 valence electrons. The first-order valence-electron chi connectivity index (χ1n) is 5.85. The van der Waals surface area contributed by atoms with E-state index in [1.165, 1.54) is 30.3 Å². The van der Waals surface area contributed by atoms with E-state index >= 15 is 0 Å². The zero-order valence-electron chi connectivity index (χ0n) is 10.7. The van der Waals surface area contributed by atoms with E-state index in [2.05, 4.69) is 9.47 Å². The van der Waals surface area contributed by atoms with Gasteiger partial charge in [-0.25, -0.2) is 0 Å². The van der Waals surface area contributed by atoms with Crippen LogP contribution in [0.5, 0.6) is 11.5 Å². The predicted molar refractivity (Wildman–Crippen MR) is 70.2 cm³/mol. The first-order chi connectivity index (χ1) is 10.2. The summed E-state index contributed by atoms with van der Waals surface area (Å²) in [5.74, 6) is -0.481. The molecule has 0 spiro atoms. The molecular formula is C14H8ClF5O2. The summed E-state index contributed by atoms with van der Waals surface area (Å²) >= 11 is 5.96. The molecule has 0 fully saturated rings. The summed E-state index contributed by atoms with van der Waals surface area (Å²) in [7, 11) is 0. The molecule has 0 radical (unpaired) electrons. The highest BCUT2D eigenvalue weighted by Gasteiger charge is 2.30. The number of rotatable bonds is 4. The van der Waals surface area contributed by atoms with Crippen molar-refractivity contribution in [2.45, 2.75) is 13.0 Å². The lowest BCUT2D eigenvalue weighted by atomic mass is 10.1. The van der Waals surface area contributed by atoms with Crippen molar-refractivity contribution in [3.05, 3.63) is 47.5 Å². The van der Waals surface area contributed by atoms with Crippen LogP contribution in [0.15, 0.2) is 42.5 Å². The van der Waals surface area contributed by atoms with Gasteiger partial charge in [-0.15, -0.1) is 13.2 Å². The number of benzene rings is 2. The Bertz CT molecular complexity index is 641. The van der Waals surface area contributed by atoms with Crippen molar-refractivity contribution in [3.8, 4) is 22.6 Å². The van der Waals surface area contributed by atoms with Gasteiger partial charge >= 0.3 is 13.0 Å². The molecule has 0 heterocycles. The summed E-state index contributed by atoms with van der Waals surface area (Å²) in [6, 6.07) is 8.91. The Hall–Kier alpha value is -2.02. The second-order valence-electron chi connectivity index (χ2n) is 4.09. The monoisotopic (exact) mass is 338 g/mol. The topological polar surface area (TPSA) is 18.5 Å². The number of ether oxygens (including phenoxy) is 2. The van der Waals surface area contributed by atoms with Gasteiger partial charge in [0.05, 0.1) is 5.02 Å². The van der Waals surface area contributed by atoms with Crippen molar-refractivity contribution in [3.63, 3.8) is 0 Å². The number of hydrogen-bond acceptors (Lipinski definition) is 2. The van der Waals surface area contributed by atoms with Crippen LogP contribution in [-0.2, 0) is 0 Å². The zero-order valence-corrected chi connectivity index (χ0v) is 11.5. The average Bonchev–Trinajstić information content (AvgIpc) is 2.37. The fourth-order valence-electron chi connectivity index (χ4n) is 1.74. The van der Waals surface area contributed by atoms with Crippen LogP contribution in [0.2, 0.25) is 5.02 Å². The second kappa shape index (κ2) is 6.39. The van der Waals surface area contributed by atoms with Gasteiger partial charge < -0.3 is 9.47 Å². The number of alkyl halides is 5. The minimum Gasteiger partial charge on any atom is -0.435 e. The van der Waals surface area contributed by atoms with Crippen molar-refractivity contribution in [2.24, 2.45) is 0 Å². The van der Waals surface area contributed by atoms with Gasteiger partial charge in [-0.2, -0.15) is 8.78 Å². The molecule has 22 heavy (non-hydrogen) atoms. The van der Waals surface area contributed by atoms with Crippen LogP contribution >= 0.6 is 11.6 Å². The lowest BCUT2D eigenvalue weighted by molar-refractivity contribution is -0.274. The van der Waals surface area contributed by atoms with Crippen molar-refractivity contribution >= 4 is 11.6 Å². The summed E-state index contributed by atoms with van der Waals surface area (Å²) in [5.41, 5.74) is 0.963. The Morgan fingerprint density at radius 2 is 1.50 bits per heavy atom. The molecule has 0 aliphatic rings. The second-order valence-corrected chi connectivity index (χ2v) is 4.50. The molecule has 0 saturated carbocycles. The third kappa shape index (κ3) is 4.49. The van der Waals surface area contributed by atoms with Crippen LogP contribution in [-0.4, -0.2) is 13.0 Å². The van der Waals surface area contributed by atoms with E-state index in [0.717, 1.165) is 12.1 Å². The minimum absolute atomic E-state index is 0.110. The van der Waals surface area contributed by atoms with Crippen LogP contribution in [0.4, 0.5) is 22.0 Å². The van der Waals surface area contributed by atoms with E-state index in [1.807, 2.05) is 0 Å². The maximum Gasteiger partial charge on any atom is 0.573 e. The smallest absolute Gasteiger partial charge is 0.435 e. The Morgan fingerprint density at radius 1 is 0.909 bits per heavy atom. The van der Waals surface area contributed by atoms with Crippen LogP contribution in [0, 0.1) is 0 Å². The lowest BCUT2D eigenvalue weighted by Gasteiger charge is -2.11. The molecule has 0 aromatic heterocycles. The van der Waals surface area contributed by atoms with Crippen molar-refractivity contribution in [2.75, 3.05) is 0 Å². The molecule has 0 atom stereocenters. The largest absolute Gasteiger partial charge is 0.573 e. The van der Waals surface area contributed by atoms with Crippen molar-refractivity contribution in [1.29, 1.82) is 0 Å². The fraction of sp³-hybridized carbons (Fsp3) is 0.143. The average molecular weight is 339 g/mol. The third-order valence-electron chi connectivity index (χ3n) is 2.56. The first kappa shape index (κ1) is 16.4. The lowest BCUT2D eigenvalue weighted by Crippen LogP contribution is -2.16. The standard InChI is InChI=1S/C14H8ClF5O2/c15-12-7-10(21-13(16)17)5-6-11(12)8-1-3-9(4-2-8)22-14(18,19)20/h1-7,13H. The molecule has 2 aromatic rings. The highest BCUT2D eigenvalue weighted by atomic mass is 35.5. The van der Waals surface area contributed by atoms with Gasteiger partial charge in [0.25, 0.3) is 0 Å². The van der Waals surface area contributed by atoms with Gasteiger partial charge in [-0.3, -0.25) is 0 Å². The Morgan fingerprint density at radius 3 is 2.00 bits per heavy atom. The first-order valence-corrected chi connectivity index (χ1v) is 6.23. The molecule has 0 amide bonds. The van der Waals surface area contributed by atoms with Crippen molar-refractivity contribution < 1.29 is 31.4 Å². The molecule has 0 bridgehead atoms. The molecule has 0 aliphatic heterocycles. The van der Waals surface area contributed by atoms with E-state index in [1.54, 1.807) is 0 Å². The minimum atomic E-state index is -4.77. The quantitative estimate of drug-likeness (QED) is 0.685. The summed E-state index contributed by atoms with van der Waals surface area (Å²) < 4.78 is 68.3. The van der Waals surface area contributed by atoms with Gasteiger partial charge in [0.1, 0.15) is 11.5 Å². The normalized spacial score (nSPS) is 11.6. The van der Waals surface area contributed by atoms with E-state index in [4.69, 9.17) is 11.6 Å². The molecule has 0 saturated heterocycles. The molecule has 2 nitrogen and oxygen atoms in total. The SMILES string of the molecule is FC(F)Oc1ccc(-c2ccc(OC(F)(F)F)cc2)c(Cl)c1. The summed E-state index contributed by atoms with van der Waals surface area (Å²) in [4.78, 5) is 0. The van der Waals surface area contributed by atoms with Gasteiger partial charge in [-0.05, 0) is 35.9 Å². The van der Waals surface area contributed by atoms with Crippen LogP contribution < -0.4 is 9.47 Å². The van der Waals surface area contributed by atoms with Gasteiger partial charge in [0.2, 0.25) is 0 Å². The molecule has 2 aromatic carbocycles. The summed E-state index contributed by atoms with van der Waals surface area (Å²) in [6.07, 6.45) is -4.77. The summed E-state index contributed by atoms with van der Waals surface area (Å²) in [5, 5.41) is 0.127. The molecular weight excluding hydrogens is 331 g/mol. The van der Waals surface area contributed by atoms with E-state index in [-0.39, 0.29) is 16.5 Å². The predicted octanol–water partition coefficient (Wildman–Crippen LogP) is 5.51. The molecule has 0 unspecified atom stereocenters. The molecule has 0 N–H and O–H groups in total. The Balaban J connectivity index is 2.21. The summed E-state index contributed by atoms with van der Waals surface area (Å²) in [6.45, 7) is -2.97. The molecule has 2 rings (SSSR count). The molecule has 0 aliphatic carbocycles. The fourth-order valence-corrected chi connectivity index (χ4v) is 2.02. The maximum atomic E-state index is 12.1. The third-order valence-corrected chi connectivity index (χ3v) is 2.88. The Kier molecular flexibility index (Phi) is 4.75.